The highest BCUT2D eigenvalue weighted by atomic mass is 15.6. The summed E-state index contributed by atoms with van der Waals surface area (Å²) in [7, 11) is 1.69. The summed E-state index contributed by atoms with van der Waals surface area (Å²) in [6, 6.07) is 9.48. The van der Waals surface area contributed by atoms with Crippen LogP contribution in [0.1, 0.15) is 0 Å². The predicted octanol–water partition coefficient (Wildman–Crippen LogP) is 0.0853. The molecule has 0 fully saturated rings. The molecular formula is C8H9N5. The van der Waals surface area contributed by atoms with Gasteiger partial charge in [-0.2, -0.15) is 4.68 Å². The number of rotatable bonds is 1. The maximum absolute atomic E-state index is 7.61. The summed E-state index contributed by atoms with van der Waals surface area (Å²) in [6.07, 6.45) is 0. The van der Waals surface area contributed by atoms with E-state index in [1.165, 1.54) is 9.36 Å². The molecule has 13 heavy (non-hydrogen) atoms. The van der Waals surface area contributed by atoms with Gasteiger partial charge in [0, 0.05) is 7.05 Å². The SMILES string of the molecule is Cn1nnn(-c2ccccc2)c1=N. The van der Waals surface area contributed by atoms with Gasteiger partial charge in [-0.1, -0.05) is 18.2 Å². The largest absolute Gasteiger partial charge is 0.266 e. The van der Waals surface area contributed by atoms with Gasteiger partial charge in [0.05, 0.1) is 5.69 Å². The van der Waals surface area contributed by atoms with Gasteiger partial charge in [-0.15, -0.1) is 0 Å². The Hall–Kier alpha value is -1.91. The van der Waals surface area contributed by atoms with E-state index in [0.717, 1.165) is 5.69 Å². The first-order valence-electron chi connectivity index (χ1n) is 3.88. The first-order valence-corrected chi connectivity index (χ1v) is 3.88. The van der Waals surface area contributed by atoms with Crippen molar-refractivity contribution in [2.24, 2.45) is 7.05 Å². The highest BCUT2D eigenvalue weighted by Gasteiger charge is 2.00. The summed E-state index contributed by atoms with van der Waals surface area (Å²) in [5.74, 6) is 0. The lowest BCUT2D eigenvalue weighted by Gasteiger charge is -1.96. The third-order valence-corrected chi connectivity index (χ3v) is 1.77. The lowest BCUT2D eigenvalue weighted by atomic mass is 10.3. The van der Waals surface area contributed by atoms with Crippen LogP contribution in [0.3, 0.4) is 0 Å². The minimum absolute atomic E-state index is 0.256. The number of benzene rings is 1. The third kappa shape index (κ3) is 1.24. The predicted molar refractivity (Wildman–Crippen MR) is 46.2 cm³/mol. The Kier molecular flexibility index (Phi) is 1.70. The molecule has 1 N–H and O–H groups in total. The average Bonchev–Trinajstić information content (AvgIpc) is 2.49. The van der Waals surface area contributed by atoms with Crippen molar-refractivity contribution < 1.29 is 0 Å². The highest BCUT2D eigenvalue weighted by molar-refractivity contribution is 5.28. The minimum Gasteiger partial charge on any atom is -0.266 e. The molecule has 5 heteroatoms. The van der Waals surface area contributed by atoms with Gasteiger partial charge in [-0.3, -0.25) is 5.41 Å². The summed E-state index contributed by atoms with van der Waals surface area (Å²) in [6.45, 7) is 0. The molecule has 0 amide bonds. The normalized spacial score (nSPS) is 10.2. The Morgan fingerprint density at radius 2 is 1.85 bits per heavy atom. The van der Waals surface area contributed by atoms with Crippen LogP contribution >= 0.6 is 0 Å². The van der Waals surface area contributed by atoms with Crippen LogP contribution in [-0.2, 0) is 7.05 Å². The lowest BCUT2D eigenvalue weighted by Crippen LogP contribution is -2.22. The first-order chi connectivity index (χ1) is 6.29. The summed E-state index contributed by atoms with van der Waals surface area (Å²) >= 11 is 0. The molecule has 0 unspecified atom stereocenters. The van der Waals surface area contributed by atoms with E-state index in [9.17, 15) is 0 Å². The molecule has 0 saturated carbocycles. The monoisotopic (exact) mass is 175 g/mol. The quantitative estimate of drug-likeness (QED) is 0.667. The van der Waals surface area contributed by atoms with E-state index in [4.69, 9.17) is 5.41 Å². The topological polar surface area (TPSA) is 59.5 Å². The Morgan fingerprint density at radius 3 is 2.38 bits per heavy atom. The number of hydrogen-bond acceptors (Lipinski definition) is 3. The molecule has 1 heterocycles. The van der Waals surface area contributed by atoms with Crippen molar-refractivity contribution >= 4 is 0 Å². The van der Waals surface area contributed by atoms with Crippen LogP contribution in [0.2, 0.25) is 0 Å². The zero-order valence-electron chi connectivity index (χ0n) is 7.18. The van der Waals surface area contributed by atoms with Crippen molar-refractivity contribution in [3.63, 3.8) is 0 Å². The number of para-hydroxylation sites is 1. The zero-order valence-corrected chi connectivity index (χ0v) is 7.18. The highest BCUT2D eigenvalue weighted by Crippen LogP contribution is 1.99. The Bertz CT molecular complexity index is 453. The maximum atomic E-state index is 7.61. The third-order valence-electron chi connectivity index (χ3n) is 1.77. The molecule has 2 aromatic rings. The summed E-state index contributed by atoms with van der Waals surface area (Å²) in [5, 5.41) is 15.2. The lowest BCUT2D eigenvalue weighted by molar-refractivity contribution is 0.679. The van der Waals surface area contributed by atoms with Crippen molar-refractivity contribution in [3.05, 3.63) is 36.0 Å². The van der Waals surface area contributed by atoms with E-state index in [2.05, 4.69) is 10.4 Å². The first kappa shape index (κ1) is 7.72. The average molecular weight is 175 g/mol. The van der Waals surface area contributed by atoms with Gasteiger partial charge in [0.1, 0.15) is 0 Å². The van der Waals surface area contributed by atoms with Gasteiger partial charge in [-0.25, -0.2) is 4.68 Å². The van der Waals surface area contributed by atoms with Crippen LogP contribution < -0.4 is 5.62 Å². The Morgan fingerprint density at radius 1 is 1.15 bits per heavy atom. The van der Waals surface area contributed by atoms with Crippen LogP contribution in [0.25, 0.3) is 5.69 Å². The van der Waals surface area contributed by atoms with Crippen LogP contribution in [0.4, 0.5) is 0 Å². The molecule has 2 rings (SSSR count). The second-order valence-corrected chi connectivity index (χ2v) is 2.67. The van der Waals surface area contributed by atoms with Crippen molar-refractivity contribution in [1.29, 1.82) is 5.41 Å². The van der Waals surface area contributed by atoms with E-state index in [1.807, 2.05) is 30.3 Å². The standard InChI is InChI=1S/C8H9N5/c1-12-8(9)13(11-10-12)7-5-3-2-4-6-7/h2-6,9H,1H3. The molecule has 0 aliphatic heterocycles. The van der Waals surface area contributed by atoms with Crippen LogP contribution in [0.5, 0.6) is 0 Å². The van der Waals surface area contributed by atoms with E-state index in [1.54, 1.807) is 7.05 Å². The second kappa shape index (κ2) is 2.85. The molecule has 0 saturated heterocycles. The molecule has 0 bridgehead atoms. The van der Waals surface area contributed by atoms with Crippen LogP contribution in [-0.4, -0.2) is 19.8 Å². The molecule has 0 radical (unpaired) electrons. The molecule has 5 nitrogen and oxygen atoms in total. The molecule has 1 aromatic heterocycles. The summed E-state index contributed by atoms with van der Waals surface area (Å²) in [5.41, 5.74) is 1.10. The van der Waals surface area contributed by atoms with E-state index in [-0.39, 0.29) is 5.62 Å². The molecule has 0 aliphatic carbocycles. The number of hydrogen-bond donors (Lipinski definition) is 1. The van der Waals surface area contributed by atoms with Crippen LogP contribution in [0, 0.1) is 5.41 Å². The molecule has 0 spiro atoms. The van der Waals surface area contributed by atoms with E-state index in [0.29, 0.717) is 0 Å². The molecule has 0 aliphatic rings. The Balaban J connectivity index is 2.60. The zero-order chi connectivity index (χ0) is 9.26. The fourth-order valence-electron chi connectivity index (χ4n) is 1.06. The minimum atomic E-state index is 0.256. The maximum Gasteiger partial charge on any atom is 0.242 e. The van der Waals surface area contributed by atoms with Crippen LogP contribution in [0.15, 0.2) is 30.3 Å². The van der Waals surface area contributed by atoms with Crippen molar-refractivity contribution in [3.8, 4) is 5.69 Å². The van der Waals surface area contributed by atoms with Crippen molar-refractivity contribution in [1.82, 2.24) is 19.8 Å². The second-order valence-electron chi connectivity index (χ2n) is 2.67. The van der Waals surface area contributed by atoms with Crippen molar-refractivity contribution in [2.75, 3.05) is 0 Å². The van der Waals surface area contributed by atoms with E-state index >= 15 is 0 Å². The van der Waals surface area contributed by atoms with E-state index < -0.39 is 0 Å². The molecule has 66 valence electrons. The molecule has 1 aromatic carbocycles. The summed E-state index contributed by atoms with van der Waals surface area (Å²) < 4.78 is 2.88. The number of nitrogens with one attached hydrogen (secondary N) is 1. The van der Waals surface area contributed by atoms with Gasteiger partial charge in [0.2, 0.25) is 5.62 Å². The Labute approximate surface area is 74.7 Å². The van der Waals surface area contributed by atoms with Gasteiger partial charge >= 0.3 is 0 Å². The fourth-order valence-corrected chi connectivity index (χ4v) is 1.06. The number of tetrazole rings is 1. The van der Waals surface area contributed by atoms with Gasteiger partial charge < -0.3 is 0 Å². The van der Waals surface area contributed by atoms with Crippen molar-refractivity contribution in [2.45, 2.75) is 0 Å². The van der Waals surface area contributed by atoms with Gasteiger partial charge in [0.15, 0.2) is 0 Å². The molecule has 0 atom stereocenters. The smallest absolute Gasteiger partial charge is 0.242 e. The summed E-state index contributed by atoms with van der Waals surface area (Å²) in [4.78, 5) is 0. The fraction of sp³-hybridized carbons (Fsp3) is 0.125. The van der Waals surface area contributed by atoms with Gasteiger partial charge in [0.25, 0.3) is 0 Å². The number of aryl methyl sites for hydroxylation is 1. The number of aromatic nitrogens is 4. The van der Waals surface area contributed by atoms with Gasteiger partial charge in [-0.05, 0) is 22.6 Å². The number of nitrogens with zero attached hydrogens (tertiary/aromatic N) is 4. The molecular weight excluding hydrogens is 166 g/mol.